The lowest BCUT2D eigenvalue weighted by Gasteiger charge is -2.25. The Morgan fingerprint density at radius 2 is 1.81 bits per heavy atom. The Morgan fingerprint density at radius 3 is 2.44 bits per heavy atom. The van der Waals surface area contributed by atoms with Crippen molar-refractivity contribution in [1.82, 2.24) is 9.55 Å². The number of hydrogen-bond donors (Lipinski definition) is 0. The fourth-order valence-electron chi connectivity index (χ4n) is 3.44. The van der Waals surface area contributed by atoms with E-state index in [1.54, 1.807) is 47.6 Å². The van der Waals surface area contributed by atoms with Gasteiger partial charge in [0.2, 0.25) is 5.95 Å². The van der Waals surface area contributed by atoms with Crippen molar-refractivity contribution in [2.75, 3.05) is 4.90 Å². The first-order valence-electron chi connectivity index (χ1n) is 8.26. The molecule has 0 saturated heterocycles. The maximum Gasteiger partial charge on any atom is 0.260 e. The Balaban J connectivity index is 1.76. The molecule has 1 aromatic heterocycles. The summed E-state index contributed by atoms with van der Waals surface area (Å²) in [6.45, 7) is 1.88. The van der Waals surface area contributed by atoms with Crippen LogP contribution in [0.3, 0.4) is 0 Å². The van der Waals surface area contributed by atoms with Crippen LogP contribution in [-0.2, 0) is 16.8 Å². The minimum Gasteiger partial charge on any atom is -0.301 e. The molecule has 0 radical (unpaired) electrons. The summed E-state index contributed by atoms with van der Waals surface area (Å²) in [5, 5.41) is 9.87. The zero-order valence-corrected chi connectivity index (χ0v) is 15.9. The molecule has 0 spiro atoms. The summed E-state index contributed by atoms with van der Waals surface area (Å²) in [6, 6.07) is 14.3. The van der Waals surface area contributed by atoms with E-state index in [1.807, 2.05) is 23.6 Å². The molecule has 3 aromatic rings. The normalized spacial score (nSPS) is 18.4. The van der Waals surface area contributed by atoms with Gasteiger partial charge in [0, 0.05) is 28.9 Å². The van der Waals surface area contributed by atoms with Crippen LogP contribution >= 0.6 is 23.2 Å². The summed E-state index contributed by atoms with van der Waals surface area (Å²) in [5.41, 5.74) is 1.26. The van der Waals surface area contributed by atoms with Gasteiger partial charge in [-0.15, -0.1) is 0 Å². The molecule has 1 unspecified atom stereocenters. The van der Waals surface area contributed by atoms with E-state index in [0.29, 0.717) is 33.7 Å². The molecule has 1 atom stereocenters. The predicted molar refractivity (Wildman–Crippen MR) is 104 cm³/mol. The molecular formula is C20H14Cl2N4O. The number of imidazole rings is 1. The van der Waals surface area contributed by atoms with Crippen LogP contribution in [0.2, 0.25) is 10.0 Å². The Labute approximate surface area is 166 Å². The van der Waals surface area contributed by atoms with Crippen molar-refractivity contribution < 1.29 is 4.79 Å². The first kappa shape index (κ1) is 17.6. The lowest BCUT2D eigenvalue weighted by Crippen LogP contribution is -2.40. The number of amides is 1. The monoisotopic (exact) mass is 396 g/mol. The summed E-state index contributed by atoms with van der Waals surface area (Å²) in [6.07, 6.45) is 3.92. The van der Waals surface area contributed by atoms with Gasteiger partial charge in [0.05, 0.1) is 17.3 Å². The number of nitriles is 1. The topological polar surface area (TPSA) is 61.9 Å². The van der Waals surface area contributed by atoms with Crippen LogP contribution in [0.1, 0.15) is 18.1 Å². The molecule has 0 fully saturated rings. The number of nitrogens with zero attached hydrogens (tertiary/aromatic N) is 4. The largest absolute Gasteiger partial charge is 0.301 e. The van der Waals surface area contributed by atoms with E-state index >= 15 is 0 Å². The third kappa shape index (κ3) is 2.87. The predicted octanol–water partition coefficient (Wildman–Crippen LogP) is 4.70. The summed E-state index contributed by atoms with van der Waals surface area (Å²) < 4.78 is 1.86. The maximum absolute atomic E-state index is 13.4. The number of carbonyl (C=O) groups excluding carboxylic acids is 1. The molecule has 1 aliphatic rings. The Morgan fingerprint density at radius 1 is 1.15 bits per heavy atom. The minimum absolute atomic E-state index is 0.117. The third-order valence-corrected chi connectivity index (χ3v) is 5.19. The lowest BCUT2D eigenvalue weighted by atomic mass is 9.91. The molecule has 1 amide bonds. The molecule has 2 heterocycles. The van der Waals surface area contributed by atoms with E-state index in [2.05, 4.69) is 11.1 Å². The summed E-state index contributed by atoms with van der Waals surface area (Å²) in [5.74, 6) is 0.405. The third-order valence-electron chi connectivity index (χ3n) is 4.75. The molecule has 1 aliphatic heterocycles. The Bertz CT molecular complexity index is 1060. The van der Waals surface area contributed by atoms with Crippen molar-refractivity contribution in [2.24, 2.45) is 0 Å². The number of fused-ring (bicyclic) bond motifs is 1. The van der Waals surface area contributed by atoms with Crippen molar-refractivity contribution in [2.45, 2.75) is 18.9 Å². The average molecular weight is 397 g/mol. The molecular weight excluding hydrogens is 383 g/mol. The number of rotatable bonds is 3. The molecule has 0 bridgehead atoms. The van der Waals surface area contributed by atoms with Gasteiger partial charge in [0.25, 0.3) is 5.91 Å². The first-order chi connectivity index (χ1) is 12.9. The summed E-state index contributed by atoms with van der Waals surface area (Å²) in [4.78, 5) is 19.3. The van der Waals surface area contributed by atoms with Gasteiger partial charge in [-0.05, 0) is 42.8 Å². The molecule has 27 heavy (non-hydrogen) atoms. The van der Waals surface area contributed by atoms with E-state index in [4.69, 9.17) is 28.5 Å². The summed E-state index contributed by atoms with van der Waals surface area (Å²) >= 11 is 12.3. The van der Waals surface area contributed by atoms with Crippen LogP contribution in [0.25, 0.3) is 0 Å². The van der Waals surface area contributed by atoms with Crippen molar-refractivity contribution in [3.8, 4) is 6.07 Å². The minimum atomic E-state index is -0.852. The van der Waals surface area contributed by atoms with E-state index in [0.717, 1.165) is 5.56 Å². The SMILES string of the molecule is CC1(Cc2ccc(C#N)cc2)C(=O)N(c2cc(Cl)cc(Cl)c2)c2nccn21. The van der Waals surface area contributed by atoms with Crippen LogP contribution in [0.5, 0.6) is 0 Å². The lowest BCUT2D eigenvalue weighted by molar-refractivity contribution is -0.123. The molecule has 0 aliphatic carbocycles. The molecule has 4 rings (SSSR count). The molecule has 0 N–H and O–H groups in total. The molecule has 2 aromatic carbocycles. The average Bonchev–Trinajstić information content (AvgIpc) is 3.18. The standard InChI is InChI=1S/C20H14Cl2N4O/c1-20(11-13-2-4-14(12-23)5-3-13)18(27)26(19-24-6-7-25(19)20)17-9-15(21)8-16(22)10-17/h2-10H,11H2,1H3. The zero-order valence-electron chi connectivity index (χ0n) is 14.4. The highest BCUT2D eigenvalue weighted by molar-refractivity contribution is 6.35. The van der Waals surface area contributed by atoms with Crippen molar-refractivity contribution in [3.05, 3.63) is 76.0 Å². The number of carbonyl (C=O) groups is 1. The number of hydrogen-bond acceptors (Lipinski definition) is 3. The van der Waals surface area contributed by atoms with E-state index in [-0.39, 0.29) is 5.91 Å². The highest BCUT2D eigenvalue weighted by Gasteiger charge is 2.48. The smallest absolute Gasteiger partial charge is 0.260 e. The van der Waals surface area contributed by atoms with Gasteiger partial charge >= 0.3 is 0 Å². The van der Waals surface area contributed by atoms with Crippen LogP contribution in [-0.4, -0.2) is 15.5 Å². The van der Waals surface area contributed by atoms with Crippen molar-refractivity contribution >= 4 is 40.7 Å². The maximum atomic E-state index is 13.4. The van der Waals surface area contributed by atoms with Crippen molar-refractivity contribution in [3.63, 3.8) is 0 Å². The van der Waals surface area contributed by atoms with E-state index < -0.39 is 5.54 Å². The fraction of sp³-hybridized carbons (Fsp3) is 0.150. The fourth-order valence-corrected chi connectivity index (χ4v) is 3.95. The summed E-state index contributed by atoms with van der Waals surface area (Å²) in [7, 11) is 0. The van der Waals surface area contributed by atoms with Crippen LogP contribution in [0.15, 0.2) is 54.9 Å². The van der Waals surface area contributed by atoms with Gasteiger partial charge in [-0.2, -0.15) is 5.26 Å². The van der Waals surface area contributed by atoms with Gasteiger partial charge < -0.3 is 4.57 Å². The quantitative estimate of drug-likeness (QED) is 0.644. The van der Waals surface area contributed by atoms with Crippen molar-refractivity contribution in [1.29, 1.82) is 5.26 Å². The molecule has 0 saturated carbocycles. The second-order valence-electron chi connectivity index (χ2n) is 6.62. The van der Waals surface area contributed by atoms with Gasteiger partial charge in [0.15, 0.2) is 0 Å². The molecule has 7 heteroatoms. The first-order valence-corrected chi connectivity index (χ1v) is 9.01. The highest BCUT2D eigenvalue weighted by atomic mass is 35.5. The van der Waals surface area contributed by atoms with Gasteiger partial charge in [0.1, 0.15) is 5.54 Å². The molecule has 5 nitrogen and oxygen atoms in total. The van der Waals surface area contributed by atoms with Gasteiger partial charge in [-0.25, -0.2) is 9.88 Å². The Kier molecular flexibility index (Phi) is 4.18. The van der Waals surface area contributed by atoms with Crippen LogP contribution < -0.4 is 4.90 Å². The van der Waals surface area contributed by atoms with E-state index in [9.17, 15) is 4.79 Å². The van der Waals surface area contributed by atoms with Gasteiger partial charge in [-0.3, -0.25) is 4.79 Å². The molecule has 134 valence electrons. The van der Waals surface area contributed by atoms with Crippen LogP contribution in [0, 0.1) is 11.3 Å². The second-order valence-corrected chi connectivity index (χ2v) is 7.50. The number of anilines is 2. The second kappa shape index (κ2) is 6.41. The number of benzene rings is 2. The number of halogens is 2. The zero-order chi connectivity index (χ0) is 19.2. The number of aromatic nitrogens is 2. The highest BCUT2D eigenvalue weighted by Crippen LogP contribution is 2.42. The van der Waals surface area contributed by atoms with E-state index in [1.165, 1.54) is 0 Å². The van der Waals surface area contributed by atoms with Crippen LogP contribution in [0.4, 0.5) is 11.6 Å². The Hall–Kier alpha value is -2.81. The van der Waals surface area contributed by atoms with Gasteiger partial charge in [-0.1, -0.05) is 35.3 Å².